The third kappa shape index (κ3) is 7.74. The van der Waals surface area contributed by atoms with E-state index in [9.17, 15) is 18.0 Å². The van der Waals surface area contributed by atoms with E-state index in [0.717, 1.165) is 23.5 Å². The molecule has 3 aromatic carbocycles. The maximum Gasteiger partial charge on any atom is 0.197 e. The second kappa shape index (κ2) is 11.5. The van der Waals surface area contributed by atoms with Gasteiger partial charge in [0.15, 0.2) is 10.9 Å². The lowest BCUT2D eigenvalue weighted by molar-refractivity contribution is 0.470. The zero-order valence-electron chi connectivity index (χ0n) is 20.4. The van der Waals surface area contributed by atoms with Crippen LogP contribution in [0, 0.1) is 0 Å². The molecule has 0 radical (unpaired) electrons. The molecule has 0 spiro atoms. The van der Waals surface area contributed by atoms with E-state index in [2.05, 4.69) is 9.97 Å². The Balaban J connectivity index is 0.000000323. The molecule has 0 bridgehead atoms. The standard InChI is InChI=1S/C20H12N2O2.C2H6O2S.C2H6.CH4O3S/c23-19-11-5-1-3-7-15(11)21-17-10-14-18(9-13(17)19)22-16-8-4-2-6-12(16)20(14)24;1-5(2,3)4;1-2;1-5(2,3)4/h1-10H,(H,21,23)(H,22,24);1-2H3;1-2H3;1H3,(H,2,3,4)/p-1. The number of hydrogen-bond acceptors (Lipinski definition) is 7. The minimum atomic E-state index is -3.92. The van der Waals surface area contributed by atoms with Crippen molar-refractivity contribution >= 4 is 63.6 Å². The highest BCUT2D eigenvalue weighted by Gasteiger charge is 2.10. The highest BCUT2D eigenvalue weighted by Crippen LogP contribution is 2.21. The summed E-state index contributed by atoms with van der Waals surface area (Å²) in [5.41, 5.74) is 2.82. The first-order valence-electron chi connectivity index (χ1n) is 10.8. The Hall–Kier alpha value is -3.54. The number of hydrogen-bond donors (Lipinski definition) is 2. The van der Waals surface area contributed by atoms with Gasteiger partial charge in [-0.3, -0.25) is 9.59 Å². The van der Waals surface area contributed by atoms with E-state index in [1.165, 1.54) is 0 Å². The number of benzene rings is 3. The van der Waals surface area contributed by atoms with Gasteiger partial charge in [-0.15, -0.1) is 0 Å². The van der Waals surface area contributed by atoms with E-state index in [1.54, 1.807) is 24.3 Å². The van der Waals surface area contributed by atoms with Gasteiger partial charge in [-0.05, 0) is 36.4 Å². The van der Waals surface area contributed by atoms with Crippen molar-refractivity contribution in [3.63, 3.8) is 0 Å². The normalized spacial score (nSPS) is 11.2. The lowest BCUT2D eigenvalue weighted by Crippen LogP contribution is -2.08. The van der Waals surface area contributed by atoms with E-state index in [1.807, 2.05) is 50.2 Å². The zero-order valence-corrected chi connectivity index (χ0v) is 22.1. The van der Waals surface area contributed by atoms with E-state index in [0.29, 0.717) is 38.8 Å². The smallest absolute Gasteiger partial charge is 0.197 e. The first-order valence-corrected chi connectivity index (χ1v) is 14.9. The van der Waals surface area contributed by atoms with Crippen LogP contribution in [-0.4, -0.2) is 50.1 Å². The molecule has 2 N–H and O–H groups in total. The number of aromatic amines is 2. The summed E-state index contributed by atoms with van der Waals surface area (Å²) in [5.74, 6) is 0. The number of nitrogens with one attached hydrogen (secondary N) is 2. The number of rotatable bonds is 0. The van der Waals surface area contributed by atoms with Gasteiger partial charge in [0.25, 0.3) is 0 Å². The van der Waals surface area contributed by atoms with Crippen LogP contribution in [0.25, 0.3) is 43.6 Å². The maximum absolute atomic E-state index is 12.8. The maximum atomic E-state index is 12.8. The van der Waals surface area contributed by atoms with Crippen molar-refractivity contribution < 1.29 is 21.4 Å². The van der Waals surface area contributed by atoms with E-state index < -0.39 is 20.0 Å². The Morgan fingerprint density at radius 1 is 0.583 bits per heavy atom. The van der Waals surface area contributed by atoms with Crippen molar-refractivity contribution in [2.24, 2.45) is 0 Å². The van der Waals surface area contributed by atoms with Crippen LogP contribution >= 0.6 is 0 Å². The summed E-state index contributed by atoms with van der Waals surface area (Å²) in [5, 5.41) is 2.44. The van der Waals surface area contributed by atoms with Crippen LogP contribution in [0.4, 0.5) is 0 Å². The lowest BCUT2D eigenvalue weighted by Gasteiger charge is -2.06. The van der Waals surface area contributed by atoms with Crippen molar-refractivity contribution in [2.75, 3.05) is 18.8 Å². The van der Waals surface area contributed by atoms with E-state index >= 15 is 0 Å². The quantitative estimate of drug-likeness (QED) is 0.229. The highest BCUT2D eigenvalue weighted by atomic mass is 32.2. The topological polar surface area (TPSA) is 157 Å². The molecule has 0 atom stereocenters. The second-order valence-corrected chi connectivity index (χ2v) is 11.5. The monoisotopic (exact) mass is 531 g/mol. The van der Waals surface area contributed by atoms with Crippen LogP contribution in [0.5, 0.6) is 0 Å². The van der Waals surface area contributed by atoms with Crippen molar-refractivity contribution in [2.45, 2.75) is 13.8 Å². The summed E-state index contributed by atoms with van der Waals surface area (Å²) in [6.45, 7) is 4.00. The van der Waals surface area contributed by atoms with Gasteiger partial charge in [0.05, 0.1) is 21.2 Å². The molecule has 0 saturated heterocycles. The van der Waals surface area contributed by atoms with E-state index in [-0.39, 0.29) is 10.9 Å². The average molecular weight is 532 g/mol. The molecule has 0 aliphatic carbocycles. The summed E-state index contributed by atoms with van der Waals surface area (Å²) in [4.78, 5) is 32.1. The molecule has 5 rings (SSSR count). The third-order valence-electron chi connectivity index (χ3n) is 4.53. The van der Waals surface area contributed by atoms with Crippen LogP contribution in [0.2, 0.25) is 0 Å². The summed E-state index contributed by atoms with van der Waals surface area (Å²) in [6.07, 6.45) is 2.92. The van der Waals surface area contributed by atoms with Gasteiger partial charge in [-0.1, -0.05) is 38.1 Å². The van der Waals surface area contributed by atoms with Crippen molar-refractivity contribution in [1.82, 2.24) is 9.97 Å². The highest BCUT2D eigenvalue weighted by molar-refractivity contribution is 7.89. The first-order chi connectivity index (χ1) is 16.7. The second-order valence-electron chi connectivity index (χ2n) is 7.79. The SMILES string of the molecule is CC.CS(=O)(=O)[O-].CS(C)(=O)=O.O=c1c2ccccc2[nH]c2cc3c(=O)c4ccccc4[nH]c3cc12. The molecule has 192 valence electrons. The Morgan fingerprint density at radius 3 is 1.17 bits per heavy atom. The Bertz CT molecular complexity index is 1720. The Kier molecular flexibility index (Phi) is 9.14. The van der Waals surface area contributed by atoms with Gasteiger partial charge in [0.1, 0.15) is 9.84 Å². The summed E-state index contributed by atoms with van der Waals surface area (Å²) >= 11 is 0. The van der Waals surface area contributed by atoms with E-state index in [4.69, 9.17) is 13.0 Å². The number of H-pyrrole nitrogens is 2. The van der Waals surface area contributed by atoms with Gasteiger partial charge in [-0.2, -0.15) is 0 Å². The predicted octanol–water partition coefficient (Wildman–Crippen LogP) is 3.52. The molecule has 5 aromatic rings. The Labute approximate surface area is 208 Å². The number of fused-ring (bicyclic) bond motifs is 4. The number of para-hydroxylation sites is 2. The fourth-order valence-electron chi connectivity index (χ4n) is 3.34. The molecular weight excluding hydrogens is 504 g/mol. The lowest BCUT2D eigenvalue weighted by atomic mass is 10.1. The molecule has 0 aliphatic heterocycles. The Morgan fingerprint density at radius 2 is 0.861 bits per heavy atom. The molecule has 0 saturated carbocycles. The van der Waals surface area contributed by atoms with Gasteiger partial charge in [-0.25, -0.2) is 16.8 Å². The average Bonchev–Trinajstić information content (AvgIpc) is 2.78. The summed E-state index contributed by atoms with van der Waals surface area (Å²) < 4.78 is 46.5. The van der Waals surface area contributed by atoms with Crippen LogP contribution < -0.4 is 10.9 Å². The van der Waals surface area contributed by atoms with Crippen LogP contribution in [0.1, 0.15) is 13.8 Å². The number of pyridine rings is 2. The van der Waals surface area contributed by atoms with Gasteiger partial charge >= 0.3 is 0 Å². The molecule has 2 heterocycles. The summed E-state index contributed by atoms with van der Waals surface area (Å²) in [7, 11) is -6.58. The number of aromatic nitrogens is 2. The van der Waals surface area contributed by atoms with Crippen LogP contribution in [-0.2, 0) is 20.0 Å². The number of sulfone groups is 1. The minimum absolute atomic E-state index is 0.0322. The molecule has 0 unspecified atom stereocenters. The molecule has 11 heteroatoms. The van der Waals surface area contributed by atoms with Crippen molar-refractivity contribution in [3.05, 3.63) is 81.1 Å². The molecule has 0 amide bonds. The van der Waals surface area contributed by atoms with Crippen molar-refractivity contribution in [3.8, 4) is 0 Å². The fraction of sp³-hybridized carbons (Fsp3) is 0.200. The molecule has 0 fully saturated rings. The van der Waals surface area contributed by atoms with Gasteiger partial charge < -0.3 is 14.5 Å². The third-order valence-corrected chi connectivity index (χ3v) is 4.53. The molecule has 0 aliphatic rings. The largest absolute Gasteiger partial charge is 0.748 e. The molecule has 2 aromatic heterocycles. The predicted molar refractivity (Wildman–Crippen MR) is 145 cm³/mol. The first kappa shape index (κ1) is 28.7. The van der Waals surface area contributed by atoms with Crippen LogP contribution in [0.3, 0.4) is 0 Å². The van der Waals surface area contributed by atoms with Gasteiger partial charge in [0, 0.05) is 51.3 Å². The molecule has 36 heavy (non-hydrogen) atoms. The fourth-order valence-corrected chi connectivity index (χ4v) is 3.34. The molecular formula is C25H27N2O7S2-. The summed E-state index contributed by atoms with van der Waals surface area (Å²) in [6, 6.07) is 18.3. The zero-order chi connectivity index (χ0) is 27.3. The van der Waals surface area contributed by atoms with Gasteiger partial charge in [0.2, 0.25) is 0 Å². The van der Waals surface area contributed by atoms with Crippen LogP contribution in [0.15, 0.2) is 70.3 Å². The minimum Gasteiger partial charge on any atom is -0.748 e. The van der Waals surface area contributed by atoms with Crippen molar-refractivity contribution in [1.29, 1.82) is 0 Å². The molecule has 9 nitrogen and oxygen atoms in total.